The summed E-state index contributed by atoms with van der Waals surface area (Å²) >= 11 is 5.98. The van der Waals surface area contributed by atoms with E-state index in [1.165, 1.54) is 18.2 Å². The van der Waals surface area contributed by atoms with Crippen molar-refractivity contribution in [3.8, 4) is 0 Å². The van der Waals surface area contributed by atoms with Gasteiger partial charge in [-0.25, -0.2) is 12.8 Å². The van der Waals surface area contributed by atoms with Crippen LogP contribution in [0.5, 0.6) is 0 Å². The molecule has 4 nitrogen and oxygen atoms in total. The fraction of sp³-hybridized carbons (Fsp3) is 0.133. The normalized spacial score (nSPS) is 14.8. The molecule has 0 N–H and O–H groups in total. The molecule has 1 aliphatic heterocycles. The molecule has 0 saturated heterocycles. The number of hydrogen-bond acceptors (Lipinski definition) is 3. The maximum Gasteiger partial charge on any atom is 0.265 e. The van der Waals surface area contributed by atoms with Gasteiger partial charge in [0, 0.05) is 18.5 Å². The van der Waals surface area contributed by atoms with E-state index < -0.39 is 15.8 Å². The van der Waals surface area contributed by atoms with Crippen LogP contribution in [-0.2, 0) is 10.0 Å². The van der Waals surface area contributed by atoms with Gasteiger partial charge in [0.2, 0.25) is 0 Å². The van der Waals surface area contributed by atoms with Crippen LogP contribution in [0.3, 0.4) is 0 Å². The molecule has 0 spiro atoms. The summed E-state index contributed by atoms with van der Waals surface area (Å²) < 4.78 is 40.0. The lowest BCUT2D eigenvalue weighted by Gasteiger charge is -2.30. The molecule has 2 aromatic carbocycles. The second-order valence-corrected chi connectivity index (χ2v) is 7.08. The minimum Gasteiger partial charge on any atom is -0.294 e. The predicted molar refractivity (Wildman–Crippen MR) is 81.3 cm³/mol. The van der Waals surface area contributed by atoms with Crippen molar-refractivity contribution in [1.82, 2.24) is 0 Å². The van der Waals surface area contributed by atoms with Crippen molar-refractivity contribution in [1.29, 1.82) is 0 Å². The largest absolute Gasteiger partial charge is 0.294 e. The number of carbonyl (C=O) groups excluding carboxylic acids is 1. The summed E-state index contributed by atoms with van der Waals surface area (Å²) in [6.45, 7) is 0.00498. The second-order valence-electron chi connectivity index (χ2n) is 4.84. The first-order valence-electron chi connectivity index (χ1n) is 6.51. The summed E-state index contributed by atoms with van der Waals surface area (Å²) in [5.74, 6) is -0.857. The van der Waals surface area contributed by atoms with Gasteiger partial charge in [-0.15, -0.1) is 0 Å². The zero-order valence-corrected chi connectivity index (χ0v) is 12.9. The van der Waals surface area contributed by atoms with E-state index in [0.717, 1.165) is 16.4 Å². The smallest absolute Gasteiger partial charge is 0.265 e. The summed E-state index contributed by atoms with van der Waals surface area (Å²) in [5.41, 5.74) is 0.249. The maximum atomic E-state index is 13.3. The quantitative estimate of drug-likeness (QED) is 0.844. The molecule has 0 fully saturated rings. The lowest BCUT2D eigenvalue weighted by atomic mass is 10.0. The van der Waals surface area contributed by atoms with Crippen molar-refractivity contribution in [2.75, 3.05) is 10.8 Å². The van der Waals surface area contributed by atoms with Gasteiger partial charge in [-0.1, -0.05) is 23.7 Å². The SMILES string of the molecule is O=C1CCN(S(=O)(=O)c2ccccc2Cl)c2ccc(F)cc21. The van der Waals surface area contributed by atoms with Gasteiger partial charge >= 0.3 is 0 Å². The zero-order valence-electron chi connectivity index (χ0n) is 11.3. The Morgan fingerprint density at radius 1 is 1.14 bits per heavy atom. The number of nitrogens with zero attached hydrogens (tertiary/aromatic N) is 1. The molecule has 1 aliphatic rings. The molecular weight excluding hydrogens is 329 g/mol. The molecule has 0 bridgehead atoms. The van der Waals surface area contributed by atoms with Gasteiger partial charge in [0.25, 0.3) is 10.0 Å². The van der Waals surface area contributed by atoms with Crippen molar-refractivity contribution in [2.45, 2.75) is 11.3 Å². The van der Waals surface area contributed by atoms with Gasteiger partial charge in [-0.05, 0) is 30.3 Å². The molecule has 22 heavy (non-hydrogen) atoms. The van der Waals surface area contributed by atoms with Crippen LogP contribution in [0.15, 0.2) is 47.4 Å². The fourth-order valence-electron chi connectivity index (χ4n) is 2.43. The second kappa shape index (κ2) is 5.37. The number of sulfonamides is 1. The standard InChI is InChI=1S/C15H11ClFNO3S/c16-12-3-1-2-4-15(12)22(20,21)18-8-7-14(19)11-9-10(17)5-6-13(11)18/h1-6,9H,7-8H2. The lowest BCUT2D eigenvalue weighted by molar-refractivity contribution is 0.0981. The van der Waals surface area contributed by atoms with Crippen LogP contribution >= 0.6 is 11.6 Å². The van der Waals surface area contributed by atoms with E-state index in [1.54, 1.807) is 12.1 Å². The molecule has 2 aromatic rings. The van der Waals surface area contributed by atoms with E-state index in [2.05, 4.69) is 0 Å². The van der Waals surface area contributed by atoms with Crippen molar-refractivity contribution in [2.24, 2.45) is 0 Å². The van der Waals surface area contributed by atoms with Crippen molar-refractivity contribution < 1.29 is 17.6 Å². The number of ketones is 1. The molecule has 0 aromatic heterocycles. The van der Waals surface area contributed by atoms with Gasteiger partial charge in [0.1, 0.15) is 10.7 Å². The molecule has 114 valence electrons. The van der Waals surface area contributed by atoms with Crippen LogP contribution < -0.4 is 4.31 Å². The van der Waals surface area contributed by atoms with Crippen molar-refractivity contribution in [3.63, 3.8) is 0 Å². The van der Waals surface area contributed by atoms with E-state index in [4.69, 9.17) is 11.6 Å². The average molecular weight is 340 g/mol. The van der Waals surface area contributed by atoms with Crippen LogP contribution in [0.1, 0.15) is 16.8 Å². The van der Waals surface area contributed by atoms with Gasteiger partial charge < -0.3 is 0 Å². The molecule has 0 saturated carbocycles. The van der Waals surface area contributed by atoms with Crippen molar-refractivity contribution in [3.05, 3.63) is 58.9 Å². The predicted octanol–water partition coefficient (Wildman–Crippen LogP) is 3.26. The summed E-state index contributed by atoms with van der Waals surface area (Å²) in [6.07, 6.45) is 0.000135. The topological polar surface area (TPSA) is 54.5 Å². The van der Waals surface area contributed by atoms with Gasteiger partial charge in [0.05, 0.1) is 10.7 Å². The number of hydrogen-bond donors (Lipinski definition) is 0. The van der Waals surface area contributed by atoms with E-state index in [-0.39, 0.29) is 39.9 Å². The highest BCUT2D eigenvalue weighted by molar-refractivity contribution is 7.93. The zero-order chi connectivity index (χ0) is 15.9. The van der Waals surface area contributed by atoms with E-state index >= 15 is 0 Å². The monoisotopic (exact) mass is 339 g/mol. The van der Waals surface area contributed by atoms with Crippen LogP contribution in [0.25, 0.3) is 0 Å². The third-order valence-corrected chi connectivity index (χ3v) is 5.79. The highest BCUT2D eigenvalue weighted by Crippen LogP contribution is 2.34. The van der Waals surface area contributed by atoms with Crippen LogP contribution in [0.4, 0.5) is 10.1 Å². The Hall–Kier alpha value is -1.92. The number of Topliss-reactive ketones (excluding diaryl/α,β-unsaturated/α-hetero) is 1. The Bertz CT molecular complexity index is 867. The minimum absolute atomic E-state index is 0.000135. The van der Waals surface area contributed by atoms with Gasteiger partial charge in [-0.3, -0.25) is 9.10 Å². The summed E-state index contributed by atoms with van der Waals surface area (Å²) in [4.78, 5) is 11.9. The summed E-state index contributed by atoms with van der Waals surface area (Å²) in [6, 6.07) is 9.57. The Morgan fingerprint density at radius 2 is 1.86 bits per heavy atom. The molecule has 0 unspecified atom stereocenters. The number of rotatable bonds is 2. The Kier molecular flexibility index (Phi) is 3.66. The van der Waals surface area contributed by atoms with E-state index in [0.29, 0.717) is 0 Å². The third-order valence-electron chi connectivity index (χ3n) is 3.47. The Morgan fingerprint density at radius 3 is 2.59 bits per heavy atom. The fourth-order valence-corrected chi connectivity index (χ4v) is 4.41. The average Bonchev–Trinajstić information content (AvgIpc) is 2.48. The van der Waals surface area contributed by atoms with Crippen LogP contribution in [0.2, 0.25) is 5.02 Å². The highest BCUT2D eigenvalue weighted by Gasteiger charge is 2.33. The molecule has 0 amide bonds. The Balaban J connectivity index is 2.16. The lowest BCUT2D eigenvalue weighted by Crippen LogP contribution is -2.37. The van der Waals surface area contributed by atoms with Gasteiger partial charge in [0.15, 0.2) is 5.78 Å². The molecule has 1 heterocycles. The first-order chi connectivity index (χ1) is 10.4. The molecule has 0 atom stereocenters. The first-order valence-corrected chi connectivity index (χ1v) is 8.33. The molecule has 0 radical (unpaired) electrons. The van der Waals surface area contributed by atoms with Crippen LogP contribution in [0, 0.1) is 5.82 Å². The molecule has 3 rings (SSSR count). The third kappa shape index (κ3) is 2.38. The highest BCUT2D eigenvalue weighted by atomic mass is 35.5. The van der Waals surface area contributed by atoms with Crippen molar-refractivity contribution >= 4 is 33.1 Å². The molecule has 0 aliphatic carbocycles. The van der Waals surface area contributed by atoms with Crippen LogP contribution in [-0.4, -0.2) is 20.7 Å². The van der Waals surface area contributed by atoms with E-state index in [1.807, 2.05) is 0 Å². The van der Waals surface area contributed by atoms with E-state index in [9.17, 15) is 17.6 Å². The number of benzene rings is 2. The first kappa shape index (κ1) is 15.0. The maximum absolute atomic E-state index is 13.3. The number of halogens is 2. The number of fused-ring (bicyclic) bond motifs is 1. The summed E-state index contributed by atoms with van der Waals surface area (Å²) in [5, 5.41) is 0.100. The van der Waals surface area contributed by atoms with Gasteiger partial charge in [-0.2, -0.15) is 0 Å². The molecule has 7 heteroatoms. The number of anilines is 1. The number of carbonyl (C=O) groups is 1. The minimum atomic E-state index is -3.92. The molecular formula is C15H11ClFNO3S. The Labute approximate surface area is 132 Å². The summed E-state index contributed by atoms with van der Waals surface area (Å²) in [7, 11) is -3.92.